The SMILES string of the molecule is CC(=O)c1ccc(OCCC(=O)OCC(=O)Nc2ccc3c(c2)C(=O)N(C)C3=O)cc1. The van der Waals surface area contributed by atoms with Crippen molar-refractivity contribution in [3.8, 4) is 5.75 Å². The smallest absolute Gasteiger partial charge is 0.309 e. The second-order valence-corrected chi connectivity index (χ2v) is 6.82. The molecule has 0 radical (unpaired) electrons. The van der Waals surface area contributed by atoms with E-state index in [1.807, 2.05) is 0 Å². The molecule has 1 heterocycles. The number of ketones is 1. The Morgan fingerprint density at radius 2 is 1.65 bits per heavy atom. The maximum Gasteiger partial charge on any atom is 0.309 e. The van der Waals surface area contributed by atoms with Crippen LogP contribution in [0.2, 0.25) is 0 Å². The minimum atomic E-state index is -0.619. The summed E-state index contributed by atoms with van der Waals surface area (Å²) in [7, 11) is 1.38. The Bertz CT molecular complexity index is 1060. The summed E-state index contributed by atoms with van der Waals surface area (Å²) in [6.45, 7) is 1.01. The summed E-state index contributed by atoms with van der Waals surface area (Å²) in [5.74, 6) is -1.60. The van der Waals surface area contributed by atoms with Crippen LogP contribution in [-0.4, -0.2) is 54.6 Å². The Hall–Kier alpha value is -4.01. The molecule has 3 rings (SSSR count). The first kappa shape index (κ1) is 21.7. The van der Waals surface area contributed by atoms with E-state index in [4.69, 9.17) is 9.47 Å². The molecule has 0 unspecified atom stereocenters. The molecule has 31 heavy (non-hydrogen) atoms. The normalized spacial score (nSPS) is 12.4. The molecule has 160 valence electrons. The van der Waals surface area contributed by atoms with Gasteiger partial charge in [-0.25, -0.2) is 0 Å². The highest BCUT2D eigenvalue weighted by atomic mass is 16.5. The van der Waals surface area contributed by atoms with Gasteiger partial charge in [0.1, 0.15) is 5.75 Å². The molecule has 1 N–H and O–H groups in total. The molecule has 0 bridgehead atoms. The Labute approximate surface area is 177 Å². The number of carbonyl (C=O) groups excluding carboxylic acids is 5. The number of nitrogens with zero attached hydrogens (tertiary/aromatic N) is 1. The predicted molar refractivity (Wildman–Crippen MR) is 109 cm³/mol. The highest BCUT2D eigenvalue weighted by Gasteiger charge is 2.32. The summed E-state index contributed by atoms with van der Waals surface area (Å²) >= 11 is 0. The number of imide groups is 1. The van der Waals surface area contributed by atoms with Crippen molar-refractivity contribution < 1.29 is 33.4 Å². The molecule has 1 aliphatic rings. The zero-order chi connectivity index (χ0) is 22.5. The molecule has 0 atom stereocenters. The van der Waals surface area contributed by atoms with Crippen LogP contribution in [-0.2, 0) is 14.3 Å². The number of rotatable bonds is 8. The number of esters is 1. The molecule has 0 aromatic heterocycles. The van der Waals surface area contributed by atoms with E-state index in [1.165, 1.54) is 32.2 Å². The molecule has 0 saturated heterocycles. The molecule has 1 aliphatic heterocycles. The number of Topliss-reactive ketones (excluding diaryl/α,β-unsaturated/α-hetero) is 1. The minimum absolute atomic E-state index is 0.0500. The van der Waals surface area contributed by atoms with E-state index in [0.29, 0.717) is 17.0 Å². The average molecular weight is 424 g/mol. The van der Waals surface area contributed by atoms with E-state index in [9.17, 15) is 24.0 Å². The summed E-state index contributed by atoms with van der Waals surface area (Å²) in [6.07, 6.45) is -0.0659. The molecular formula is C22H20N2O7. The van der Waals surface area contributed by atoms with Crippen molar-refractivity contribution in [3.63, 3.8) is 0 Å². The Balaban J connectivity index is 1.42. The molecule has 0 spiro atoms. The van der Waals surface area contributed by atoms with Gasteiger partial charge in [0.25, 0.3) is 17.7 Å². The molecule has 2 aromatic carbocycles. The van der Waals surface area contributed by atoms with Crippen molar-refractivity contribution in [1.82, 2.24) is 4.90 Å². The molecule has 0 fully saturated rings. The number of hydrogen-bond acceptors (Lipinski definition) is 7. The van der Waals surface area contributed by atoms with Crippen molar-refractivity contribution in [3.05, 3.63) is 59.2 Å². The number of nitrogens with one attached hydrogen (secondary N) is 1. The number of amides is 3. The van der Waals surface area contributed by atoms with Gasteiger partial charge in [-0.3, -0.25) is 28.9 Å². The second kappa shape index (κ2) is 9.21. The summed E-state index contributed by atoms with van der Waals surface area (Å²) < 4.78 is 10.3. The van der Waals surface area contributed by atoms with Crippen LogP contribution in [0, 0.1) is 0 Å². The van der Waals surface area contributed by atoms with Crippen LogP contribution >= 0.6 is 0 Å². The monoisotopic (exact) mass is 424 g/mol. The maximum atomic E-state index is 12.0. The molecule has 0 aliphatic carbocycles. The average Bonchev–Trinajstić information content (AvgIpc) is 2.96. The summed E-state index contributed by atoms with van der Waals surface area (Å²) in [4.78, 5) is 59.9. The number of fused-ring (bicyclic) bond motifs is 1. The van der Waals surface area contributed by atoms with E-state index in [0.717, 1.165) is 4.90 Å². The Morgan fingerprint density at radius 3 is 2.32 bits per heavy atom. The Kier molecular flexibility index (Phi) is 6.44. The fraction of sp³-hybridized carbons (Fsp3) is 0.227. The van der Waals surface area contributed by atoms with Crippen LogP contribution in [0.25, 0.3) is 0 Å². The zero-order valence-corrected chi connectivity index (χ0v) is 17.0. The summed E-state index contributed by atoms with van der Waals surface area (Å²) in [5.41, 5.74) is 1.35. The van der Waals surface area contributed by atoms with Crippen LogP contribution in [0.1, 0.15) is 44.4 Å². The van der Waals surface area contributed by atoms with Crippen molar-refractivity contribution in [2.75, 3.05) is 25.6 Å². The molecule has 9 nitrogen and oxygen atoms in total. The van der Waals surface area contributed by atoms with E-state index < -0.39 is 30.3 Å². The first-order valence-corrected chi connectivity index (χ1v) is 9.42. The van der Waals surface area contributed by atoms with Crippen LogP contribution < -0.4 is 10.1 Å². The number of anilines is 1. The second-order valence-electron chi connectivity index (χ2n) is 6.82. The van der Waals surface area contributed by atoms with Gasteiger partial charge in [-0.2, -0.15) is 0 Å². The number of benzene rings is 2. The first-order chi connectivity index (χ1) is 14.8. The quantitative estimate of drug-likeness (QED) is 0.391. The van der Waals surface area contributed by atoms with E-state index in [-0.39, 0.29) is 29.9 Å². The Morgan fingerprint density at radius 1 is 0.968 bits per heavy atom. The van der Waals surface area contributed by atoms with Crippen LogP contribution in [0.4, 0.5) is 5.69 Å². The molecule has 2 aromatic rings. The predicted octanol–water partition coefficient (Wildman–Crippen LogP) is 2.07. The van der Waals surface area contributed by atoms with E-state index in [1.54, 1.807) is 24.3 Å². The van der Waals surface area contributed by atoms with Gasteiger partial charge >= 0.3 is 5.97 Å². The van der Waals surface area contributed by atoms with Crippen LogP contribution in [0.15, 0.2) is 42.5 Å². The van der Waals surface area contributed by atoms with Crippen molar-refractivity contribution in [1.29, 1.82) is 0 Å². The largest absolute Gasteiger partial charge is 0.493 e. The van der Waals surface area contributed by atoms with Crippen molar-refractivity contribution in [2.24, 2.45) is 0 Å². The lowest BCUT2D eigenvalue weighted by atomic mass is 10.1. The van der Waals surface area contributed by atoms with Crippen LogP contribution in [0.3, 0.4) is 0 Å². The van der Waals surface area contributed by atoms with Gasteiger partial charge < -0.3 is 14.8 Å². The van der Waals surface area contributed by atoms with Gasteiger partial charge in [-0.15, -0.1) is 0 Å². The van der Waals surface area contributed by atoms with Crippen molar-refractivity contribution in [2.45, 2.75) is 13.3 Å². The molecular weight excluding hydrogens is 404 g/mol. The van der Waals surface area contributed by atoms with Gasteiger partial charge in [0.05, 0.1) is 24.2 Å². The van der Waals surface area contributed by atoms with Gasteiger partial charge in [0.2, 0.25) is 0 Å². The lowest BCUT2D eigenvalue weighted by molar-refractivity contribution is -0.147. The van der Waals surface area contributed by atoms with E-state index in [2.05, 4.69) is 5.32 Å². The van der Waals surface area contributed by atoms with E-state index >= 15 is 0 Å². The molecule has 9 heteroatoms. The topological polar surface area (TPSA) is 119 Å². The van der Waals surface area contributed by atoms with Gasteiger partial charge in [0, 0.05) is 18.3 Å². The van der Waals surface area contributed by atoms with Gasteiger partial charge in [-0.1, -0.05) is 0 Å². The highest BCUT2D eigenvalue weighted by molar-refractivity contribution is 6.21. The van der Waals surface area contributed by atoms with Gasteiger partial charge in [0.15, 0.2) is 12.4 Å². The van der Waals surface area contributed by atoms with Crippen LogP contribution in [0.5, 0.6) is 5.75 Å². The lowest BCUT2D eigenvalue weighted by Crippen LogP contribution is -2.24. The third kappa shape index (κ3) is 5.13. The minimum Gasteiger partial charge on any atom is -0.493 e. The fourth-order valence-electron chi connectivity index (χ4n) is 2.89. The van der Waals surface area contributed by atoms with Crippen molar-refractivity contribution >= 4 is 35.2 Å². The third-order valence-electron chi connectivity index (χ3n) is 4.57. The summed E-state index contributed by atoms with van der Waals surface area (Å²) in [6, 6.07) is 10.9. The molecule has 0 saturated carbocycles. The lowest BCUT2D eigenvalue weighted by Gasteiger charge is -2.08. The fourth-order valence-corrected chi connectivity index (χ4v) is 2.89. The van der Waals surface area contributed by atoms with Gasteiger partial charge in [-0.05, 0) is 49.4 Å². The summed E-state index contributed by atoms with van der Waals surface area (Å²) in [5, 5.41) is 2.52. The standard InChI is InChI=1S/C22H20N2O7/c1-13(25)14-3-6-16(7-4-14)30-10-9-20(27)31-12-19(26)23-15-5-8-17-18(11-15)22(29)24(2)21(17)28/h3-8,11H,9-10,12H2,1-2H3,(H,23,26). The third-order valence-corrected chi connectivity index (χ3v) is 4.57. The number of carbonyl (C=O) groups is 5. The maximum absolute atomic E-state index is 12.0. The molecule has 3 amide bonds. The number of hydrogen-bond donors (Lipinski definition) is 1. The first-order valence-electron chi connectivity index (χ1n) is 9.42. The highest BCUT2D eigenvalue weighted by Crippen LogP contribution is 2.24. The zero-order valence-electron chi connectivity index (χ0n) is 17.0. The number of ether oxygens (including phenoxy) is 2.